The zero-order chi connectivity index (χ0) is 17.5. The van der Waals surface area contributed by atoms with Crippen LogP contribution in [0.4, 0.5) is 0 Å². The predicted molar refractivity (Wildman–Crippen MR) is 114 cm³/mol. The molecule has 144 valence electrons. The summed E-state index contributed by atoms with van der Waals surface area (Å²) in [5, 5.41) is 6.58. The van der Waals surface area contributed by atoms with Gasteiger partial charge in [0.15, 0.2) is 5.96 Å². The third kappa shape index (κ3) is 11.2. The molecule has 1 aromatic rings. The highest BCUT2D eigenvalue weighted by Crippen LogP contribution is 2.14. The number of nitrogens with zero attached hydrogens (tertiary/aromatic N) is 2. The van der Waals surface area contributed by atoms with Gasteiger partial charge in [0.2, 0.25) is 5.88 Å². The maximum Gasteiger partial charge on any atom is 0.218 e. The summed E-state index contributed by atoms with van der Waals surface area (Å²) in [5.74, 6) is 1.46. The van der Waals surface area contributed by atoms with Crippen LogP contribution in [0.2, 0.25) is 0 Å². The Labute approximate surface area is 169 Å². The van der Waals surface area contributed by atoms with Gasteiger partial charge >= 0.3 is 0 Å². The first kappa shape index (κ1) is 23.9. The molecule has 2 N–H and O–H groups in total. The summed E-state index contributed by atoms with van der Waals surface area (Å²) in [4.78, 5) is 8.53. The van der Waals surface area contributed by atoms with Crippen LogP contribution in [-0.4, -0.2) is 44.4 Å². The summed E-state index contributed by atoms with van der Waals surface area (Å²) in [5.41, 5.74) is 1.02. The Balaban J connectivity index is 0.00000576. The van der Waals surface area contributed by atoms with Gasteiger partial charge in [-0.15, -0.1) is 24.0 Å². The first-order valence-electron chi connectivity index (χ1n) is 8.90. The zero-order valence-corrected chi connectivity index (χ0v) is 18.0. The molecule has 0 spiro atoms. The van der Waals surface area contributed by atoms with Gasteiger partial charge in [-0.3, -0.25) is 4.99 Å². The second-order valence-corrected chi connectivity index (χ2v) is 5.49. The van der Waals surface area contributed by atoms with Crippen LogP contribution < -0.4 is 15.4 Å². The standard InChI is InChI=1S/C18H32N4O2.HI/c1-4-6-13-23-14-8-11-21-18(19-3)22-15-16-9-7-10-20-17(16)24-12-5-2;/h7,9-10H,4-6,8,11-15H2,1-3H3,(H2,19,21,22);1H. The predicted octanol–water partition coefficient (Wildman–Crippen LogP) is 3.36. The molecule has 1 aromatic heterocycles. The highest BCUT2D eigenvalue weighted by Gasteiger charge is 2.05. The monoisotopic (exact) mass is 464 g/mol. The minimum absolute atomic E-state index is 0. The number of aliphatic imine (C=N–C) groups is 1. The van der Waals surface area contributed by atoms with Gasteiger partial charge in [-0.05, 0) is 25.3 Å². The summed E-state index contributed by atoms with van der Waals surface area (Å²) in [6.45, 7) is 8.01. The fourth-order valence-corrected chi connectivity index (χ4v) is 2.02. The number of guanidine groups is 1. The SMILES string of the molecule is CCCCOCCCNC(=NC)NCc1cccnc1OCCC.I. The second kappa shape index (κ2) is 16.4. The summed E-state index contributed by atoms with van der Waals surface area (Å²) >= 11 is 0. The number of halogens is 1. The summed E-state index contributed by atoms with van der Waals surface area (Å²) in [6.07, 6.45) is 5.98. The Bertz CT molecular complexity index is 472. The maximum atomic E-state index is 5.67. The first-order valence-corrected chi connectivity index (χ1v) is 8.90. The highest BCUT2D eigenvalue weighted by atomic mass is 127. The molecule has 0 saturated heterocycles. The quantitative estimate of drug-likeness (QED) is 0.215. The van der Waals surface area contributed by atoms with Gasteiger partial charge in [0.1, 0.15) is 0 Å². The molecule has 0 saturated carbocycles. The van der Waals surface area contributed by atoms with E-state index in [9.17, 15) is 0 Å². The van der Waals surface area contributed by atoms with Crippen LogP contribution in [0.5, 0.6) is 5.88 Å². The van der Waals surface area contributed by atoms with E-state index in [1.165, 1.54) is 6.42 Å². The number of nitrogens with one attached hydrogen (secondary N) is 2. The van der Waals surface area contributed by atoms with E-state index in [1.807, 2.05) is 12.1 Å². The number of rotatable bonds is 12. The van der Waals surface area contributed by atoms with Crippen LogP contribution in [0.3, 0.4) is 0 Å². The lowest BCUT2D eigenvalue weighted by molar-refractivity contribution is 0.129. The molecule has 0 amide bonds. The van der Waals surface area contributed by atoms with Crippen molar-refractivity contribution in [3.8, 4) is 5.88 Å². The van der Waals surface area contributed by atoms with Crippen molar-refractivity contribution in [1.82, 2.24) is 15.6 Å². The van der Waals surface area contributed by atoms with Gasteiger partial charge < -0.3 is 20.1 Å². The third-order valence-electron chi connectivity index (χ3n) is 3.36. The highest BCUT2D eigenvalue weighted by molar-refractivity contribution is 14.0. The van der Waals surface area contributed by atoms with Gasteiger partial charge in [0.25, 0.3) is 0 Å². The van der Waals surface area contributed by atoms with Crippen molar-refractivity contribution in [2.45, 2.75) is 46.1 Å². The zero-order valence-electron chi connectivity index (χ0n) is 15.7. The van der Waals surface area contributed by atoms with E-state index < -0.39 is 0 Å². The second-order valence-electron chi connectivity index (χ2n) is 5.49. The summed E-state index contributed by atoms with van der Waals surface area (Å²) in [7, 11) is 1.77. The van der Waals surface area contributed by atoms with Crippen LogP contribution >= 0.6 is 24.0 Å². The molecule has 0 aromatic carbocycles. The largest absolute Gasteiger partial charge is 0.477 e. The molecule has 6 nitrogen and oxygen atoms in total. The summed E-state index contributed by atoms with van der Waals surface area (Å²) in [6, 6.07) is 3.93. The van der Waals surface area contributed by atoms with Gasteiger partial charge in [-0.25, -0.2) is 4.98 Å². The van der Waals surface area contributed by atoms with E-state index in [0.717, 1.165) is 50.5 Å². The van der Waals surface area contributed by atoms with Gasteiger partial charge in [0.05, 0.1) is 6.61 Å². The van der Waals surface area contributed by atoms with Crippen molar-refractivity contribution < 1.29 is 9.47 Å². The van der Waals surface area contributed by atoms with Crippen molar-refractivity contribution in [2.24, 2.45) is 4.99 Å². The van der Waals surface area contributed by atoms with Crippen molar-refractivity contribution in [1.29, 1.82) is 0 Å². The molecule has 0 unspecified atom stereocenters. The minimum Gasteiger partial charge on any atom is -0.477 e. The van der Waals surface area contributed by atoms with Gasteiger partial charge in [0, 0.05) is 45.1 Å². The van der Waals surface area contributed by atoms with Gasteiger partial charge in [-0.1, -0.05) is 26.3 Å². The Kier molecular flexibility index (Phi) is 15.7. The Morgan fingerprint density at radius 1 is 1.12 bits per heavy atom. The molecule has 0 aliphatic heterocycles. The van der Waals surface area contributed by atoms with Crippen molar-refractivity contribution in [3.63, 3.8) is 0 Å². The number of hydrogen-bond donors (Lipinski definition) is 2. The molecule has 0 bridgehead atoms. The van der Waals surface area contributed by atoms with E-state index in [2.05, 4.69) is 34.5 Å². The van der Waals surface area contributed by atoms with Crippen LogP contribution in [0.15, 0.2) is 23.3 Å². The smallest absolute Gasteiger partial charge is 0.218 e. The molecule has 1 rings (SSSR count). The molecule has 0 radical (unpaired) electrons. The molecule has 1 heterocycles. The topological polar surface area (TPSA) is 67.8 Å². The maximum absolute atomic E-state index is 5.67. The van der Waals surface area contributed by atoms with Crippen molar-refractivity contribution >= 4 is 29.9 Å². The number of hydrogen-bond acceptors (Lipinski definition) is 4. The Morgan fingerprint density at radius 3 is 2.64 bits per heavy atom. The van der Waals surface area contributed by atoms with E-state index in [0.29, 0.717) is 19.0 Å². The number of unbranched alkanes of at least 4 members (excludes halogenated alkanes) is 1. The van der Waals surface area contributed by atoms with E-state index in [-0.39, 0.29) is 24.0 Å². The Morgan fingerprint density at radius 2 is 1.92 bits per heavy atom. The molecule has 7 heteroatoms. The normalized spacial score (nSPS) is 10.9. The van der Waals surface area contributed by atoms with Crippen LogP contribution in [0.25, 0.3) is 0 Å². The molecule has 0 aliphatic carbocycles. The van der Waals surface area contributed by atoms with Crippen molar-refractivity contribution in [2.75, 3.05) is 33.4 Å². The Hall–Kier alpha value is -1.09. The molecular formula is C18H33IN4O2. The fraction of sp³-hybridized carbons (Fsp3) is 0.667. The number of ether oxygens (including phenoxy) is 2. The van der Waals surface area contributed by atoms with E-state index >= 15 is 0 Å². The van der Waals surface area contributed by atoms with E-state index in [1.54, 1.807) is 13.2 Å². The van der Waals surface area contributed by atoms with Gasteiger partial charge in [-0.2, -0.15) is 0 Å². The van der Waals surface area contributed by atoms with Crippen LogP contribution in [-0.2, 0) is 11.3 Å². The lowest BCUT2D eigenvalue weighted by atomic mass is 10.2. The molecule has 0 atom stereocenters. The molecular weight excluding hydrogens is 431 g/mol. The molecule has 25 heavy (non-hydrogen) atoms. The average molecular weight is 464 g/mol. The molecule has 0 aliphatic rings. The van der Waals surface area contributed by atoms with Crippen LogP contribution in [0.1, 0.15) is 45.1 Å². The van der Waals surface area contributed by atoms with Crippen LogP contribution in [0, 0.1) is 0 Å². The fourth-order valence-electron chi connectivity index (χ4n) is 2.02. The average Bonchev–Trinajstić information content (AvgIpc) is 2.62. The van der Waals surface area contributed by atoms with Crippen molar-refractivity contribution in [3.05, 3.63) is 23.9 Å². The molecule has 0 fully saturated rings. The third-order valence-corrected chi connectivity index (χ3v) is 3.36. The number of aromatic nitrogens is 1. The minimum atomic E-state index is 0. The number of pyridine rings is 1. The first-order chi connectivity index (χ1) is 11.8. The van der Waals surface area contributed by atoms with E-state index in [4.69, 9.17) is 9.47 Å². The lowest BCUT2D eigenvalue weighted by Crippen LogP contribution is -2.37. The lowest BCUT2D eigenvalue weighted by Gasteiger charge is -2.14. The summed E-state index contributed by atoms with van der Waals surface area (Å²) < 4.78 is 11.2.